The van der Waals surface area contributed by atoms with Crippen molar-refractivity contribution in [2.24, 2.45) is 0 Å². The smallest absolute Gasteiger partial charge is 0.340 e. The molecule has 0 saturated carbocycles. The van der Waals surface area contributed by atoms with Crippen LogP contribution in [-0.4, -0.2) is 40.4 Å². The fraction of sp³-hybridized carbons (Fsp3) is 0.273. The number of hydrogen-bond acceptors (Lipinski definition) is 6. The lowest BCUT2D eigenvalue weighted by atomic mass is 9.86. The van der Waals surface area contributed by atoms with Crippen molar-refractivity contribution in [1.29, 1.82) is 0 Å². The van der Waals surface area contributed by atoms with Gasteiger partial charge in [-0.15, -0.1) is 0 Å². The van der Waals surface area contributed by atoms with Gasteiger partial charge in [-0.1, -0.05) is 30.3 Å². The predicted octanol–water partition coefficient (Wildman–Crippen LogP) is 6.80. The maximum atomic E-state index is 13.8. The van der Waals surface area contributed by atoms with E-state index < -0.39 is 23.8 Å². The molecule has 1 aliphatic carbocycles. The number of halogens is 1. The zero-order chi connectivity index (χ0) is 29.3. The van der Waals surface area contributed by atoms with E-state index in [0.717, 1.165) is 29.5 Å². The molecule has 1 aliphatic rings. The number of esters is 2. The molecule has 4 aromatic rings. The van der Waals surface area contributed by atoms with E-state index in [1.54, 1.807) is 32.9 Å². The van der Waals surface area contributed by atoms with Crippen LogP contribution in [0.25, 0.3) is 22.6 Å². The van der Waals surface area contributed by atoms with Crippen molar-refractivity contribution >= 4 is 40.3 Å². The minimum Gasteiger partial charge on any atom is -0.462 e. The Morgan fingerprint density at radius 2 is 1.76 bits per heavy atom. The maximum Gasteiger partial charge on any atom is 0.340 e. The van der Waals surface area contributed by atoms with Gasteiger partial charge in [0.1, 0.15) is 5.82 Å². The normalized spacial score (nSPS) is 14.5. The van der Waals surface area contributed by atoms with Gasteiger partial charge in [0.05, 0.1) is 34.6 Å². The number of nitrogens with zero attached hydrogens (tertiary/aromatic N) is 1. The lowest BCUT2D eigenvalue weighted by Crippen LogP contribution is -2.26. The summed E-state index contributed by atoms with van der Waals surface area (Å²) in [6.07, 6.45) is 3.03. The van der Waals surface area contributed by atoms with Gasteiger partial charge in [0.25, 0.3) is 0 Å². The molecule has 0 bridgehead atoms. The van der Waals surface area contributed by atoms with Crippen molar-refractivity contribution < 1.29 is 28.2 Å². The molecule has 210 valence electrons. The number of aromatic nitrogens is 2. The first kappa shape index (κ1) is 28.0. The maximum absolute atomic E-state index is 13.8. The number of hydrogen-bond donors (Lipinski definition) is 1. The second-order valence-electron chi connectivity index (χ2n) is 10.2. The Morgan fingerprint density at radius 1 is 1.02 bits per heavy atom. The summed E-state index contributed by atoms with van der Waals surface area (Å²) < 4.78 is 24.4. The minimum absolute atomic E-state index is 0.206. The molecule has 2 heterocycles. The summed E-state index contributed by atoms with van der Waals surface area (Å²) in [7, 11) is 0. The van der Waals surface area contributed by atoms with E-state index in [0.29, 0.717) is 45.4 Å². The van der Waals surface area contributed by atoms with E-state index in [4.69, 9.17) is 14.5 Å². The number of Topliss-reactive ketones (excluding diaryl/α,β-unsaturated/α-hetero) is 1. The van der Waals surface area contributed by atoms with Gasteiger partial charge >= 0.3 is 11.9 Å². The average molecular weight is 555 g/mol. The van der Waals surface area contributed by atoms with Gasteiger partial charge in [-0.25, -0.2) is 19.0 Å². The van der Waals surface area contributed by atoms with Gasteiger partial charge in [-0.2, -0.15) is 0 Å². The third-order valence-electron chi connectivity index (χ3n) is 7.40. The topological polar surface area (TPSA) is 98.4 Å². The predicted molar refractivity (Wildman–Crippen MR) is 154 cm³/mol. The highest BCUT2D eigenvalue weighted by Gasteiger charge is 2.31. The number of para-hydroxylation sites is 1. The van der Waals surface area contributed by atoms with E-state index in [9.17, 15) is 18.8 Å². The van der Waals surface area contributed by atoms with E-state index in [1.807, 2.05) is 30.3 Å². The number of carbonyl (C=O) groups excluding carboxylic acids is 3. The summed E-state index contributed by atoms with van der Waals surface area (Å²) in [5, 5.41) is 0.649. The van der Waals surface area contributed by atoms with Crippen LogP contribution in [0.3, 0.4) is 0 Å². The van der Waals surface area contributed by atoms with Crippen molar-refractivity contribution in [2.45, 2.75) is 53.1 Å². The third kappa shape index (κ3) is 5.42. The van der Waals surface area contributed by atoms with Crippen LogP contribution in [0.2, 0.25) is 0 Å². The van der Waals surface area contributed by atoms with Gasteiger partial charge in [0.15, 0.2) is 6.10 Å². The Balaban J connectivity index is 1.50. The summed E-state index contributed by atoms with van der Waals surface area (Å²) >= 11 is 0. The highest BCUT2D eigenvalue weighted by atomic mass is 19.1. The van der Waals surface area contributed by atoms with Gasteiger partial charge in [0.2, 0.25) is 5.78 Å². The molecule has 8 heteroatoms. The summed E-state index contributed by atoms with van der Waals surface area (Å²) in [6, 6.07) is 13.6. The highest BCUT2D eigenvalue weighted by Crippen LogP contribution is 2.36. The quantitative estimate of drug-likeness (QED) is 0.199. The van der Waals surface area contributed by atoms with Crippen LogP contribution in [0.4, 0.5) is 4.39 Å². The molecule has 5 rings (SSSR count). The molecule has 0 aliphatic heterocycles. The van der Waals surface area contributed by atoms with E-state index in [1.165, 1.54) is 19.1 Å². The van der Waals surface area contributed by atoms with Crippen molar-refractivity contribution in [3.05, 3.63) is 99.2 Å². The zero-order valence-corrected chi connectivity index (χ0v) is 23.5. The number of benzene rings is 2. The molecule has 1 N–H and O–H groups in total. The standard InChI is InChI=1S/C33H31FN2O5/c1-5-40-32(38)27-18(2)29(35-19(27)3)31(37)20(4)41-33(39)28-24-10-6-7-12-26(24)36-30-22(9-8-11-25(28)30)17-21-13-15-23(34)16-14-21/h6-7,10,12-17,20,35H,5,8-9,11H2,1-4H3/b22-17+. The molecule has 0 saturated heterocycles. The van der Waals surface area contributed by atoms with E-state index in [2.05, 4.69) is 4.98 Å². The molecule has 1 atom stereocenters. The number of nitrogens with one attached hydrogen (secondary N) is 1. The van der Waals surface area contributed by atoms with Crippen LogP contribution in [0.15, 0.2) is 48.5 Å². The molecule has 7 nitrogen and oxygen atoms in total. The molecule has 0 fully saturated rings. The molecular formula is C33H31FN2O5. The lowest BCUT2D eigenvalue weighted by molar-refractivity contribution is 0.0317. The first-order chi connectivity index (χ1) is 19.7. The number of rotatable bonds is 7. The fourth-order valence-electron chi connectivity index (χ4n) is 5.45. The number of pyridine rings is 1. The molecule has 41 heavy (non-hydrogen) atoms. The van der Waals surface area contributed by atoms with Gasteiger partial charge in [0, 0.05) is 11.1 Å². The first-order valence-electron chi connectivity index (χ1n) is 13.7. The number of ether oxygens (including phenoxy) is 2. The van der Waals surface area contributed by atoms with Gasteiger partial charge < -0.3 is 14.5 Å². The fourth-order valence-corrected chi connectivity index (χ4v) is 5.45. The zero-order valence-electron chi connectivity index (χ0n) is 23.5. The van der Waals surface area contributed by atoms with Gasteiger partial charge in [-0.05, 0) is 93.5 Å². The van der Waals surface area contributed by atoms with Crippen molar-refractivity contribution in [3.8, 4) is 0 Å². The summed E-state index contributed by atoms with van der Waals surface area (Å²) in [6.45, 7) is 6.81. The lowest BCUT2D eigenvalue weighted by Gasteiger charge is -2.23. The molecule has 0 spiro atoms. The molecule has 0 amide bonds. The number of aryl methyl sites for hydroxylation is 1. The summed E-state index contributed by atoms with van der Waals surface area (Å²) in [4.78, 5) is 47.5. The Morgan fingerprint density at radius 3 is 2.49 bits per heavy atom. The van der Waals surface area contributed by atoms with Crippen molar-refractivity contribution in [2.75, 3.05) is 6.61 Å². The Bertz CT molecular complexity index is 1700. The van der Waals surface area contributed by atoms with Crippen molar-refractivity contribution in [3.63, 3.8) is 0 Å². The monoisotopic (exact) mass is 554 g/mol. The molecule has 0 radical (unpaired) electrons. The van der Waals surface area contributed by atoms with E-state index in [-0.39, 0.29) is 18.1 Å². The average Bonchev–Trinajstić information content (AvgIpc) is 3.26. The number of fused-ring (bicyclic) bond motifs is 2. The molecule has 2 aromatic carbocycles. The van der Waals surface area contributed by atoms with Crippen LogP contribution in [0.5, 0.6) is 0 Å². The van der Waals surface area contributed by atoms with Crippen molar-refractivity contribution in [1.82, 2.24) is 9.97 Å². The summed E-state index contributed by atoms with van der Waals surface area (Å²) in [5.74, 6) is -1.88. The Hall–Kier alpha value is -4.59. The molecule has 2 aromatic heterocycles. The van der Waals surface area contributed by atoms with Crippen LogP contribution in [-0.2, 0) is 15.9 Å². The van der Waals surface area contributed by atoms with Gasteiger partial charge in [-0.3, -0.25) is 4.79 Å². The Labute approximate surface area is 237 Å². The molecular weight excluding hydrogens is 523 g/mol. The largest absolute Gasteiger partial charge is 0.462 e. The summed E-state index contributed by atoms with van der Waals surface area (Å²) in [5.41, 5.74) is 5.77. The third-order valence-corrected chi connectivity index (χ3v) is 7.40. The number of aromatic amines is 1. The SMILES string of the molecule is CCOC(=O)c1c(C)[nH]c(C(=O)C(C)OC(=O)c2c3c(nc4ccccc24)/C(=C/c2ccc(F)cc2)CCC3)c1C. The van der Waals surface area contributed by atoms with E-state index >= 15 is 0 Å². The number of H-pyrrole nitrogens is 1. The van der Waals surface area contributed by atoms with Crippen LogP contribution >= 0.6 is 0 Å². The number of allylic oxidation sites excluding steroid dienone is 1. The first-order valence-corrected chi connectivity index (χ1v) is 13.7. The van der Waals surface area contributed by atoms with Crippen LogP contribution in [0, 0.1) is 19.7 Å². The van der Waals surface area contributed by atoms with Crippen LogP contribution in [0.1, 0.15) is 86.0 Å². The second-order valence-corrected chi connectivity index (χ2v) is 10.2. The Kier molecular flexibility index (Phi) is 7.83. The number of ketones is 1. The van der Waals surface area contributed by atoms with Crippen LogP contribution < -0.4 is 0 Å². The minimum atomic E-state index is -1.12. The number of carbonyl (C=O) groups is 3. The second kappa shape index (κ2) is 11.5. The highest BCUT2D eigenvalue weighted by molar-refractivity contribution is 6.09. The molecule has 1 unspecified atom stereocenters.